The van der Waals surface area contributed by atoms with Crippen LogP contribution < -0.4 is 14.7 Å². The van der Waals surface area contributed by atoms with Crippen molar-refractivity contribution in [1.29, 1.82) is 0 Å². The summed E-state index contributed by atoms with van der Waals surface area (Å²) < 4.78 is 0. The Balaban J connectivity index is 1.34. The van der Waals surface area contributed by atoms with Gasteiger partial charge in [-0.15, -0.1) is 0 Å². The molecule has 49 heavy (non-hydrogen) atoms. The van der Waals surface area contributed by atoms with E-state index in [4.69, 9.17) is 0 Å². The van der Waals surface area contributed by atoms with E-state index in [1.54, 1.807) is 0 Å². The van der Waals surface area contributed by atoms with Crippen LogP contribution in [0.1, 0.15) is 73.4 Å². The number of benzene rings is 5. The number of aryl methyl sites for hydroxylation is 2. The SMILES string of the molecule is CCCN1c2cccc3c2C2(C#Cc4ccc(N=Nc5cc(C)cc(C)c5)cc4)c4c1cccc4N(CCC)c1cccc(c12)N3CCC. The van der Waals surface area contributed by atoms with Crippen LogP contribution in [0.5, 0.6) is 0 Å². The summed E-state index contributed by atoms with van der Waals surface area (Å²) in [6.07, 6.45) is 3.16. The Hall–Kier alpha value is -5.34. The topological polar surface area (TPSA) is 34.4 Å². The van der Waals surface area contributed by atoms with Crippen LogP contribution in [0.15, 0.2) is 107 Å². The fourth-order valence-corrected chi connectivity index (χ4v) is 8.33. The van der Waals surface area contributed by atoms with Crippen LogP contribution >= 0.6 is 0 Å². The zero-order valence-electron chi connectivity index (χ0n) is 29.2. The molecule has 5 heteroatoms. The molecule has 0 aliphatic carbocycles. The molecule has 5 nitrogen and oxygen atoms in total. The lowest BCUT2D eigenvalue weighted by Crippen LogP contribution is -2.47. The second-order valence-electron chi connectivity index (χ2n) is 13.6. The fraction of sp³-hybridized carbons (Fsp3) is 0.273. The van der Waals surface area contributed by atoms with E-state index in [1.807, 2.05) is 12.1 Å². The number of anilines is 6. The summed E-state index contributed by atoms with van der Waals surface area (Å²) in [4.78, 5) is 7.67. The third-order valence-electron chi connectivity index (χ3n) is 10.0. The average Bonchev–Trinajstić information content (AvgIpc) is 3.11. The molecule has 0 N–H and O–H groups in total. The van der Waals surface area contributed by atoms with Gasteiger partial charge in [-0.1, -0.05) is 56.9 Å². The van der Waals surface area contributed by atoms with Gasteiger partial charge in [0.15, 0.2) is 0 Å². The van der Waals surface area contributed by atoms with Gasteiger partial charge in [0.25, 0.3) is 0 Å². The Morgan fingerprint density at radius 2 is 0.898 bits per heavy atom. The quantitative estimate of drug-likeness (QED) is 0.125. The number of rotatable bonds is 8. The lowest BCUT2D eigenvalue weighted by molar-refractivity contribution is 0.703. The average molecular weight is 642 g/mol. The highest BCUT2D eigenvalue weighted by molar-refractivity contribution is 6.02. The van der Waals surface area contributed by atoms with Gasteiger partial charge in [-0.2, -0.15) is 10.2 Å². The van der Waals surface area contributed by atoms with Crippen molar-refractivity contribution in [3.8, 4) is 11.8 Å². The summed E-state index contributed by atoms with van der Waals surface area (Å²) in [5.74, 6) is 7.76. The molecule has 0 radical (unpaired) electrons. The second kappa shape index (κ2) is 12.3. The molecule has 0 bridgehead atoms. The highest BCUT2D eigenvalue weighted by Crippen LogP contribution is 2.66. The maximum atomic E-state index is 4.55. The van der Waals surface area contributed by atoms with E-state index < -0.39 is 5.41 Å². The van der Waals surface area contributed by atoms with Gasteiger partial charge in [0.2, 0.25) is 0 Å². The van der Waals surface area contributed by atoms with Crippen molar-refractivity contribution in [3.63, 3.8) is 0 Å². The van der Waals surface area contributed by atoms with E-state index in [-0.39, 0.29) is 0 Å². The molecule has 0 saturated carbocycles. The summed E-state index contributed by atoms with van der Waals surface area (Å²) in [5.41, 5.74) is 16.0. The van der Waals surface area contributed by atoms with Crippen LogP contribution in [0.4, 0.5) is 45.5 Å². The Labute approximate surface area is 290 Å². The summed E-state index contributed by atoms with van der Waals surface area (Å²) in [5, 5.41) is 9.07. The van der Waals surface area contributed by atoms with Crippen LogP contribution in [0.3, 0.4) is 0 Å². The maximum absolute atomic E-state index is 4.55. The van der Waals surface area contributed by atoms with Crippen molar-refractivity contribution in [2.75, 3.05) is 34.3 Å². The lowest BCUT2D eigenvalue weighted by atomic mass is 9.61. The van der Waals surface area contributed by atoms with E-state index in [9.17, 15) is 0 Å². The van der Waals surface area contributed by atoms with Gasteiger partial charge in [-0.05, 0) is 117 Å². The van der Waals surface area contributed by atoms with Crippen LogP contribution in [0, 0.1) is 25.7 Å². The highest BCUT2D eigenvalue weighted by atomic mass is 15.2. The van der Waals surface area contributed by atoms with Crippen LogP contribution in [-0.4, -0.2) is 19.6 Å². The van der Waals surface area contributed by atoms with E-state index in [2.05, 4.69) is 156 Å². The Morgan fingerprint density at radius 1 is 0.510 bits per heavy atom. The molecule has 0 atom stereocenters. The zero-order chi connectivity index (χ0) is 33.7. The van der Waals surface area contributed by atoms with E-state index in [0.29, 0.717) is 0 Å². The molecule has 0 saturated heterocycles. The molecule has 5 aromatic rings. The van der Waals surface area contributed by atoms with Crippen LogP contribution in [-0.2, 0) is 5.41 Å². The summed E-state index contributed by atoms with van der Waals surface area (Å²) >= 11 is 0. The Morgan fingerprint density at radius 3 is 1.29 bits per heavy atom. The molecule has 5 aromatic carbocycles. The number of nitrogens with zero attached hydrogens (tertiary/aromatic N) is 5. The molecule has 0 amide bonds. The summed E-state index contributed by atoms with van der Waals surface area (Å²) in [7, 11) is 0. The van der Waals surface area contributed by atoms with Gasteiger partial charge >= 0.3 is 0 Å². The van der Waals surface area contributed by atoms with E-state index in [0.717, 1.165) is 55.8 Å². The van der Waals surface area contributed by atoms with Gasteiger partial charge in [-0.25, -0.2) is 0 Å². The van der Waals surface area contributed by atoms with Crippen molar-refractivity contribution in [2.24, 2.45) is 10.2 Å². The predicted octanol–water partition coefficient (Wildman–Crippen LogP) is 11.7. The molecule has 0 spiro atoms. The van der Waals surface area contributed by atoms with Crippen molar-refractivity contribution in [3.05, 3.63) is 130 Å². The molecule has 8 rings (SSSR count). The minimum atomic E-state index is -0.621. The van der Waals surface area contributed by atoms with E-state index >= 15 is 0 Å². The molecular weight excluding hydrogens is 599 g/mol. The number of azo groups is 1. The molecule has 244 valence electrons. The first kappa shape index (κ1) is 31.0. The maximum Gasteiger partial charge on any atom is 0.119 e. The summed E-state index contributed by atoms with van der Waals surface area (Å²) in [6.45, 7) is 13.8. The molecule has 3 heterocycles. The third-order valence-corrected chi connectivity index (χ3v) is 10.0. The van der Waals surface area contributed by atoms with Gasteiger partial charge < -0.3 is 14.7 Å². The molecule has 3 aliphatic heterocycles. The van der Waals surface area contributed by atoms with Gasteiger partial charge in [0, 0.05) is 76.0 Å². The molecule has 3 aliphatic rings. The van der Waals surface area contributed by atoms with Crippen molar-refractivity contribution < 1.29 is 0 Å². The van der Waals surface area contributed by atoms with Gasteiger partial charge in [0.05, 0.1) is 11.4 Å². The molecular formula is C44H43N5. The van der Waals surface area contributed by atoms with Crippen LogP contribution in [0.2, 0.25) is 0 Å². The lowest BCUT2D eigenvalue weighted by Gasteiger charge is -2.54. The van der Waals surface area contributed by atoms with Crippen LogP contribution in [0.25, 0.3) is 0 Å². The minimum absolute atomic E-state index is 0.621. The molecule has 0 unspecified atom stereocenters. The molecule has 0 aromatic heterocycles. The third kappa shape index (κ3) is 4.84. The van der Waals surface area contributed by atoms with Gasteiger partial charge in [-0.3, -0.25) is 0 Å². The second-order valence-corrected chi connectivity index (χ2v) is 13.6. The Bertz CT molecular complexity index is 1930. The predicted molar refractivity (Wildman–Crippen MR) is 205 cm³/mol. The largest absolute Gasteiger partial charge is 0.341 e. The van der Waals surface area contributed by atoms with Crippen molar-refractivity contribution >= 4 is 45.5 Å². The highest BCUT2D eigenvalue weighted by Gasteiger charge is 2.55. The first-order valence-corrected chi connectivity index (χ1v) is 17.8. The normalized spacial score (nSPS) is 14.5. The number of hydrogen-bond acceptors (Lipinski definition) is 5. The van der Waals surface area contributed by atoms with Crippen molar-refractivity contribution in [1.82, 2.24) is 0 Å². The first-order valence-electron chi connectivity index (χ1n) is 17.8. The van der Waals surface area contributed by atoms with E-state index in [1.165, 1.54) is 61.9 Å². The monoisotopic (exact) mass is 641 g/mol. The zero-order valence-corrected chi connectivity index (χ0v) is 29.2. The minimum Gasteiger partial charge on any atom is -0.341 e. The first-order chi connectivity index (χ1) is 24.0. The summed E-state index contributed by atoms with van der Waals surface area (Å²) in [6, 6.07) is 35.1. The van der Waals surface area contributed by atoms with Crippen molar-refractivity contribution in [2.45, 2.75) is 59.3 Å². The van der Waals surface area contributed by atoms with Gasteiger partial charge in [0.1, 0.15) is 5.41 Å². The number of hydrogen-bond donors (Lipinski definition) is 0. The fourth-order valence-electron chi connectivity index (χ4n) is 8.33. The standard InChI is InChI=1S/C44H43N5/c1-6-24-47-35-12-9-14-37-41(35)44(23-22-32-18-20-33(21-19-32)45-46-34-28-30(4)27-31(5)29-34)42-36(47)13-10-15-38(42)49(26-8-3)40-17-11-16-39(43(40)44)48(37)25-7-2/h9-21,27-29H,6-8,24-26H2,1-5H3. The Kier molecular flexibility index (Phi) is 7.76. The molecule has 0 fully saturated rings. The smallest absolute Gasteiger partial charge is 0.119 e.